The monoisotopic (exact) mass is 388 g/mol. The Hall–Kier alpha value is -0.530. The lowest BCUT2D eigenvalue weighted by Crippen LogP contribution is -2.53. The highest BCUT2D eigenvalue weighted by Gasteiger charge is 2.60. The summed E-state index contributed by atoms with van der Waals surface area (Å²) in [5.74, 6) is 3.64. The number of aliphatic carboxylic acids is 1. The van der Waals surface area contributed by atoms with Crippen LogP contribution in [0.25, 0.3) is 0 Å². The molecule has 0 aromatic carbocycles. The van der Waals surface area contributed by atoms with E-state index in [-0.39, 0.29) is 11.3 Å². The van der Waals surface area contributed by atoms with E-state index in [9.17, 15) is 9.90 Å². The minimum Gasteiger partial charge on any atom is -0.481 e. The van der Waals surface area contributed by atoms with E-state index in [1.165, 1.54) is 64.2 Å². The molecule has 4 aliphatic carbocycles. The second-order valence-corrected chi connectivity index (χ2v) is 12.5. The first-order valence-electron chi connectivity index (χ1n) is 12.3. The molecule has 0 heterocycles. The molecule has 4 rings (SSSR count). The highest BCUT2D eigenvalue weighted by Crippen LogP contribution is 2.68. The summed E-state index contributed by atoms with van der Waals surface area (Å²) in [4.78, 5) is 11.6. The molecule has 160 valence electrons. The first kappa shape index (κ1) is 20.7. The summed E-state index contributed by atoms with van der Waals surface area (Å²) in [6, 6.07) is 0. The third-order valence-corrected chi connectivity index (χ3v) is 11.1. The van der Waals surface area contributed by atoms with Crippen LogP contribution >= 0.6 is 0 Å². The maximum atomic E-state index is 11.6. The van der Waals surface area contributed by atoms with Gasteiger partial charge < -0.3 is 5.11 Å². The van der Waals surface area contributed by atoms with Gasteiger partial charge in [0, 0.05) is 0 Å². The summed E-state index contributed by atoms with van der Waals surface area (Å²) in [7, 11) is 0. The maximum absolute atomic E-state index is 11.6. The molecule has 0 spiro atoms. The highest BCUT2D eigenvalue weighted by molar-refractivity contribution is 5.70. The fraction of sp³-hybridized carbons (Fsp3) is 0.962. The number of hydrogen-bond donors (Lipinski definition) is 1. The first-order chi connectivity index (χ1) is 13.1. The van der Waals surface area contributed by atoms with Crippen molar-refractivity contribution in [2.45, 2.75) is 105 Å². The van der Waals surface area contributed by atoms with Gasteiger partial charge in [-0.05, 0) is 104 Å². The molecule has 0 saturated heterocycles. The predicted molar refractivity (Wildman–Crippen MR) is 115 cm³/mol. The summed E-state index contributed by atoms with van der Waals surface area (Å²) >= 11 is 0. The lowest BCUT2D eigenvalue weighted by molar-refractivity contribution is -0.146. The standard InChI is InChI=1S/C26H44O2/c1-17(23(27)28)24(2,3)16-19-10-12-21-20-11-9-18-8-6-7-14-25(18,4)22(20)13-15-26(19,21)5/h17-22H,6-16H2,1-5H3,(H,27,28). The Kier molecular flexibility index (Phi) is 5.20. The molecule has 2 nitrogen and oxygen atoms in total. The summed E-state index contributed by atoms with van der Waals surface area (Å²) in [5, 5.41) is 9.58. The van der Waals surface area contributed by atoms with Crippen LogP contribution in [0.4, 0.5) is 0 Å². The van der Waals surface area contributed by atoms with Gasteiger partial charge in [0.2, 0.25) is 0 Å². The molecule has 0 bridgehead atoms. The van der Waals surface area contributed by atoms with Gasteiger partial charge in [0.25, 0.3) is 0 Å². The van der Waals surface area contributed by atoms with Gasteiger partial charge in [-0.25, -0.2) is 0 Å². The maximum Gasteiger partial charge on any atom is 0.306 e. The highest BCUT2D eigenvalue weighted by atomic mass is 16.4. The van der Waals surface area contributed by atoms with Crippen molar-refractivity contribution in [3.05, 3.63) is 0 Å². The molecule has 0 aromatic heterocycles. The van der Waals surface area contributed by atoms with Gasteiger partial charge in [-0.2, -0.15) is 0 Å². The summed E-state index contributed by atoms with van der Waals surface area (Å²) in [6.07, 6.45) is 15.5. The van der Waals surface area contributed by atoms with E-state index in [1.807, 2.05) is 6.92 Å². The molecule has 4 aliphatic rings. The van der Waals surface area contributed by atoms with Crippen molar-refractivity contribution in [1.82, 2.24) is 0 Å². The fourth-order valence-electron chi connectivity index (χ4n) is 8.89. The van der Waals surface area contributed by atoms with Crippen molar-refractivity contribution >= 4 is 5.97 Å². The normalized spacial score (nSPS) is 47.0. The van der Waals surface area contributed by atoms with Gasteiger partial charge >= 0.3 is 5.97 Å². The molecular formula is C26H44O2. The van der Waals surface area contributed by atoms with Crippen LogP contribution in [-0.4, -0.2) is 11.1 Å². The van der Waals surface area contributed by atoms with Crippen molar-refractivity contribution in [2.24, 2.45) is 51.8 Å². The van der Waals surface area contributed by atoms with Gasteiger partial charge in [-0.3, -0.25) is 4.79 Å². The molecule has 0 radical (unpaired) electrons. The third-order valence-electron chi connectivity index (χ3n) is 11.1. The van der Waals surface area contributed by atoms with Crippen molar-refractivity contribution in [1.29, 1.82) is 0 Å². The summed E-state index contributed by atoms with van der Waals surface area (Å²) in [6.45, 7) is 11.6. The topological polar surface area (TPSA) is 37.3 Å². The zero-order valence-electron chi connectivity index (χ0n) is 19.1. The van der Waals surface area contributed by atoms with E-state index in [2.05, 4.69) is 27.7 Å². The summed E-state index contributed by atoms with van der Waals surface area (Å²) < 4.78 is 0. The number of carboxylic acids is 1. The molecule has 0 amide bonds. The average molecular weight is 389 g/mol. The van der Waals surface area contributed by atoms with Gasteiger partial charge in [-0.15, -0.1) is 0 Å². The zero-order valence-corrected chi connectivity index (χ0v) is 19.1. The number of hydrogen-bond acceptors (Lipinski definition) is 1. The van der Waals surface area contributed by atoms with Crippen molar-refractivity contribution in [3.8, 4) is 0 Å². The van der Waals surface area contributed by atoms with Crippen LogP contribution < -0.4 is 0 Å². The Morgan fingerprint density at radius 2 is 1.68 bits per heavy atom. The molecule has 8 atom stereocenters. The molecule has 4 saturated carbocycles. The number of carbonyl (C=O) groups is 1. The van der Waals surface area contributed by atoms with Crippen LogP contribution in [-0.2, 0) is 4.79 Å². The molecule has 0 aromatic rings. The number of carboxylic acid groups (broad SMARTS) is 1. The molecule has 2 heteroatoms. The SMILES string of the molecule is CC(C(=O)O)C(C)(C)CC1CCC2C3CCC4CCCCC4(C)C3CCC12C. The lowest BCUT2D eigenvalue weighted by atomic mass is 9.44. The van der Waals surface area contributed by atoms with Crippen LogP contribution in [0.5, 0.6) is 0 Å². The van der Waals surface area contributed by atoms with E-state index in [0.717, 1.165) is 30.1 Å². The fourth-order valence-corrected chi connectivity index (χ4v) is 8.89. The minimum absolute atomic E-state index is 0.113. The molecule has 4 fully saturated rings. The zero-order chi connectivity index (χ0) is 20.3. The predicted octanol–water partition coefficient (Wildman–Crippen LogP) is 7.17. The molecule has 1 N–H and O–H groups in total. The Morgan fingerprint density at radius 1 is 0.964 bits per heavy atom. The molecular weight excluding hydrogens is 344 g/mol. The van der Waals surface area contributed by atoms with Gasteiger partial charge in [0.05, 0.1) is 5.92 Å². The van der Waals surface area contributed by atoms with E-state index < -0.39 is 5.97 Å². The molecule has 8 unspecified atom stereocenters. The smallest absolute Gasteiger partial charge is 0.306 e. The largest absolute Gasteiger partial charge is 0.481 e. The van der Waals surface area contributed by atoms with Crippen LogP contribution in [0.3, 0.4) is 0 Å². The summed E-state index contributed by atoms with van der Waals surface area (Å²) in [5.41, 5.74) is 0.963. The van der Waals surface area contributed by atoms with Crippen molar-refractivity contribution < 1.29 is 9.90 Å². The van der Waals surface area contributed by atoms with Crippen molar-refractivity contribution in [2.75, 3.05) is 0 Å². The van der Waals surface area contributed by atoms with Crippen LogP contribution in [0, 0.1) is 51.8 Å². The second kappa shape index (κ2) is 7.02. The Balaban J connectivity index is 1.53. The van der Waals surface area contributed by atoms with Crippen LogP contribution in [0.1, 0.15) is 105 Å². The van der Waals surface area contributed by atoms with Crippen LogP contribution in [0.2, 0.25) is 0 Å². The van der Waals surface area contributed by atoms with Gasteiger partial charge in [0.15, 0.2) is 0 Å². The number of fused-ring (bicyclic) bond motifs is 5. The van der Waals surface area contributed by atoms with Gasteiger partial charge in [-0.1, -0.05) is 47.5 Å². The first-order valence-corrected chi connectivity index (χ1v) is 12.3. The van der Waals surface area contributed by atoms with Crippen LogP contribution in [0.15, 0.2) is 0 Å². The minimum atomic E-state index is -0.628. The van der Waals surface area contributed by atoms with E-state index >= 15 is 0 Å². The van der Waals surface area contributed by atoms with Gasteiger partial charge in [0.1, 0.15) is 0 Å². The lowest BCUT2D eigenvalue weighted by Gasteiger charge is -2.60. The molecule has 0 aliphatic heterocycles. The second-order valence-electron chi connectivity index (χ2n) is 12.5. The quantitative estimate of drug-likeness (QED) is 0.554. The van der Waals surface area contributed by atoms with E-state index in [1.54, 1.807) is 0 Å². The number of rotatable bonds is 4. The van der Waals surface area contributed by atoms with E-state index in [0.29, 0.717) is 16.7 Å². The Bertz CT molecular complexity index is 610. The average Bonchev–Trinajstić information content (AvgIpc) is 2.96. The third kappa shape index (κ3) is 3.07. The molecule has 28 heavy (non-hydrogen) atoms. The Labute approximate surface area is 173 Å². The van der Waals surface area contributed by atoms with Crippen molar-refractivity contribution in [3.63, 3.8) is 0 Å². The Morgan fingerprint density at radius 3 is 2.39 bits per heavy atom. The van der Waals surface area contributed by atoms with E-state index in [4.69, 9.17) is 0 Å².